The number of nitrogens with one attached hydrogen (secondary N) is 1. The van der Waals surface area contributed by atoms with Gasteiger partial charge in [-0.1, -0.05) is 17.7 Å². The van der Waals surface area contributed by atoms with E-state index in [9.17, 15) is 0 Å². The van der Waals surface area contributed by atoms with Gasteiger partial charge in [0.25, 0.3) is 0 Å². The molecule has 1 N–H and O–H groups in total. The van der Waals surface area contributed by atoms with Crippen molar-refractivity contribution in [2.24, 2.45) is 0 Å². The summed E-state index contributed by atoms with van der Waals surface area (Å²) in [5, 5.41) is 4.13. The zero-order valence-electron chi connectivity index (χ0n) is 10.6. The van der Waals surface area contributed by atoms with Gasteiger partial charge in [0.1, 0.15) is 11.5 Å². The maximum absolute atomic E-state index is 6.07. The fourth-order valence-corrected chi connectivity index (χ4v) is 2.56. The Morgan fingerprint density at radius 2 is 2.06 bits per heavy atom. The van der Waals surface area contributed by atoms with Crippen LogP contribution in [0.15, 0.2) is 33.2 Å². The van der Waals surface area contributed by atoms with Gasteiger partial charge in [-0.3, -0.25) is 0 Å². The van der Waals surface area contributed by atoms with Crippen LogP contribution < -0.4 is 5.32 Å². The second kappa shape index (κ2) is 5.37. The van der Waals surface area contributed by atoms with Gasteiger partial charge < -0.3 is 9.73 Å². The molecule has 96 valence electrons. The first-order valence-corrected chi connectivity index (χ1v) is 6.93. The fourth-order valence-electron chi connectivity index (χ4n) is 2.01. The predicted molar refractivity (Wildman–Crippen MR) is 79.4 cm³/mol. The molecule has 0 aliphatic rings. The molecule has 0 radical (unpaired) electrons. The zero-order chi connectivity index (χ0) is 13.3. The highest BCUT2D eigenvalue weighted by molar-refractivity contribution is 9.10. The van der Waals surface area contributed by atoms with Gasteiger partial charge in [-0.2, -0.15) is 0 Å². The lowest BCUT2D eigenvalue weighted by atomic mass is 10.1. The molecule has 0 aliphatic carbocycles. The van der Waals surface area contributed by atoms with Crippen molar-refractivity contribution in [2.75, 3.05) is 5.32 Å². The smallest absolute Gasteiger partial charge is 0.106 e. The molecule has 0 saturated heterocycles. The third-order valence-corrected chi connectivity index (χ3v) is 4.27. The largest absolute Gasteiger partial charge is 0.466 e. The van der Waals surface area contributed by atoms with Crippen molar-refractivity contribution in [1.29, 1.82) is 0 Å². The summed E-state index contributed by atoms with van der Waals surface area (Å²) < 4.78 is 6.44. The molecule has 1 aromatic heterocycles. The summed E-state index contributed by atoms with van der Waals surface area (Å²) >= 11 is 9.56. The lowest BCUT2D eigenvalue weighted by Gasteiger charge is -2.16. The monoisotopic (exact) mass is 327 g/mol. The molecule has 1 unspecified atom stereocenters. The van der Waals surface area contributed by atoms with E-state index in [-0.39, 0.29) is 6.04 Å². The second-order valence-electron chi connectivity index (χ2n) is 4.34. The van der Waals surface area contributed by atoms with Crippen molar-refractivity contribution in [1.82, 2.24) is 0 Å². The Morgan fingerprint density at radius 3 is 2.67 bits per heavy atom. The Hall–Kier alpha value is -0.930. The number of furan rings is 1. The number of hydrogen-bond donors (Lipinski definition) is 1. The molecule has 18 heavy (non-hydrogen) atoms. The number of hydrogen-bond acceptors (Lipinski definition) is 2. The first-order chi connectivity index (χ1) is 8.49. The van der Waals surface area contributed by atoms with E-state index in [0.717, 1.165) is 21.7 Å². The number of benzene rings is 1. The van der Waals surface area contributed by atoms with Crippen molar-refractivity contribution in [2.45, 2.75) is 26.8 Å². The van der Waals surface area contributed by atoms with Gasteiger partial charge >= 0.3 is 0 Å². The van der Waals surface area contributed by atoms with E-state index in [2.05, 4.69) is 34.2 Å². The summed E-state index contributed by atoms with van der Waals surface area (Å²) in [6.45, 7) is 6.04. The van der Waals surface area contributed by atoms with Crippen LogP contribution in [0.25, 0.3) is 0 Å². The maximum Gasteiger partial charge on any atom is 0.106 e. The normalized spacial score (nSPS) is 12.5. The average Bonchev–Trinajstić information content (AvgIpc) is 2.64. The van der Waals surface area contributed by atoms with E-state index >= 15 is 0 Å². The van der Waals surface area contributed by atoms with E-state index in [4.69, 9.17) is 16.0 Å². The van der Waals surface area contributed by atoms with Gasteiger partial charge in [-0.25, -0.2) is 0 Å². The number of aryl methyl sites for hydroxylation is 2. The molecule has 2 aromatic rings. The Morgan fingerprint density at radius 1 is 1.33 bits per heavy atom. The summed E-state index contributed by atoms with van der Waals surface area (Å²) in [5.41, 5.74) is 2.15. The highest BCUT2D eigenvalue weighted by Gasteiger charge is 2.14. The molecule has 1 heterocycles. The van der Waals surface area contributed by atoms with E-state index < -0.39 is 0 Å². The van der Waals surface area contributed by atoms with E-state index in [0.29, 0.717) is 5.02 Å². The molecule has 4 heteroatoms. The predicted octanol–water partition coefficient (Wildman–Crippen LogP) is 5.49. The number of halogens is 2. The first-order valence-electron chi connectivity index (χ1n) is 5.76. The lowest BCUT2D eigenvalue weighted by molar-refractivity contribution is 0.500. The molecule has 2 nitrogen and oxygen atoms in total. The Balaban J connectivity index is 2.24. The van der Waals surface area contributed by atoms with Crippen LogP contribution in [0.5, 0.6) is 0 Å². The summed E-state index contributed by atoms with van der Waals surface area (Å²) in [7, 11) is 0. The van der Waals surface area contributed by atoms with E-state index in [1.165, 1.54) is 5.56 Å². The van der Waals surface area contributed by atoms with E-state index in [1.54, 1.807) is 0 Å². The van der Waals surface area contributed by atoms with Crippen molar-refractivity contribution >= 4 is 33.2 Å². The summed E-state index contributed by atoms with van der Waals surface area (Å²) in [6, 6.07) is 8.00. The first kappa shape index (κ1) is 13.5. The molecular formula is C14H15BrClNO. The molecule has 0 aliphatic heterocycles. The highest BCUT2D eigenvalue weighted by Crippen LogP contribution is 2.33. The van der Waals surface area contributed by atoms with Crippen LogP contribution in [0.4, 0.5) is 5.69 Å². The molecule has 0 spiro atoms. The van der Waals surface area contributed by atoms with Crippen LogP contribution >= 0.6 is 27.5 Å². The third kappa shape index (κ3) is 2.73. The second-order valence-corrected chi connectivity index (χ2v) is 5.54. The Bertz CT molecular complexity index is 565. The molecule has 0 bridgehead atoms. The maximum atomic E-state index is 6.07. The van der Waals surface area contributed by atoms with E-state index in [1.807, 2.05) is 32.0 Å². The summed E-state index contributed by atoms with van der Waals surface area (Å²) in [6.07, 6.45) is 0. The van der Waals surface area contributed by atoms with Crippen LogP contribution in [0.2, 0.25) is 5.02 Å². The van der Waals surface area contributed by atoms with Crippen molar-refractivity contribution < 1.29 is 4.42 Å². The minimum Gasteiger partial charge on any atom is -0.466 e. The van der Waals surface area contributed by atoms with Gasteiger partial charge in [-0.05, 0) is 54.9 Å². The third-order valence-electron chi connectivity index (χ3n) is 2.87. The quantitative estimate of drug-likeness (QED) is 0.806. The van der Waals surface area contributed by atoms with Crippen LogP contribution in [-0.4, -0.2) is 0 Å². The highest BCUT2D eigenvalue weighted by atomic mass is 79.9. The summed E-state index contributed by atoms with van der Waals surface area (Å²) in [5.74, 6) is 1.88. The molecule has 2 rings (SSSR count). The molecule has 1 atom stereocenters. The molecular weight excluding hydrogens is 314 g/mol. The zero-order valence-corrected chi connectivity index (χ0v) is 12.9. The Kier molecular flexibility index (Phi) is 4.03. The number of anilines is 1. The minimum atomic E-state index is 0.164. The lowest BCUT2D eigenvalue weighted by Crippen LogP contribution is -2.07. The SMILES string of the molecule is Cc1cc(C(C)Nc2cccc(Cl)c2Br)c(C)o1. The van der Waals surface area contributed by atoms with Gasteiger partial charge in [0, 0.05) is 5.56 Å². The fraction of sp³-hybridized carbons (Fsp3) is 0.286. The van der Waals surface area contributed by atoms with Gasteiger partial charge in [0.2, 0.25) is 0 Å². The minimum absolute atomic E-state index is 0.164. The van der Waals surface area contributed by atoms with Crippen LogP contribution in [0, 0.1) is 13.8 Å². The van der Waals surface area contributed by atoms with Crippen LogP contribution in [0.3, 0.4) is 0 Å². The van der Waals surface area contributed by atoms with Crippen molar-refractivity contribution in [3.8, 4) is 0 Å². The van der Waals surface area contributed by atoms with Crippen LogP contribution in [0.1, 0.15) is 30.0 Å². The van der Waals surface area contributed by atoms with Gasteiger partial charge in [0.15, 0.2) is 0 Å². The van der Waals surface area contributed by atoms with Crippen LogP contribution in [-0.2, 0) is 0 Å². The summed E-state index contributed by atoms with van der Waals surface area (Å²) in [4.78, 5) is 0. The topological polar surface area (TPSA) is 25.2 Å². The molecule has 0 amide bonds. The van der Waals surface area contributed by atoms with Gasteiger partial charge in [-0.15, -0.1) is 0 Å². The molecule has 1 aromatic carbocycles. The standard InChI is InChI=1S/C14H15BrClNO/c1-8-7-11(10(3)18-8)9(2)17-13-6-4-5-12(16)14(13)15/h4-7,9,17H,1-3H3. The van der Waals surface area contributed by atoms with Crippen molar-refractivity contribution in [3.63, 3.8) is 0 Å². The van der Waals surface area contributed by atoms with Crippen molar-refractivity contribution in [3.05, 3.63) is 50.8 Å². The average molecular weight is 329 g/mol. The Labute approximate surface area is 120 Å². The molecule has 0 fully saturated rings. The number of rotatable bonds is 3. The molecule has 0 saturated carbocycles. The van der Waals surface area contributed by atoms with Gasteiger partial charge in [0.05, 0.1) is 21.2 Å².